The van der Waals surface area contributed by atoms with Gasteiger partial charge in [-0.1, -0.05) is 30.3 Å². The number of nitro groups is 1. The molecule has 1 atom stereocenters. The van der Waals surface area contributed by atoms with Crippen LogP contribution in [0.3, 0.4) is 0 Å². The van der Waals surface area contributed by atoms with Crippen molar-refractivity contribution in [3.63, 3.8) is 0 Å². The molecule has 150 valence electrons. The Morgan fingerprint density at radius 3 is 1.97 bits per heavy atom. The molecule has 0 N–H and O–H groups in total. The van der Waals surface area contributed by atoms with Crippen LogP contribution in [0.25, 0.3) is 0 Å². The van der Waals surface area contributed by atoms with Gasteiger partial charge in [0, 0.05) is 51.5 Å². The Morgan fingerprint density at radius 2 is 1.38 bits per heavy atom. The molecule has 3 aromatic carbocycles. The van der Waals surface area contributed by atoms with E-state index in [1.165, 1.54) is 0 Å². The smallest absolute Gasteiger partial charge is 0.283 e. The quantitative estimate of drug-likeness (QED) is 0.274. The van der Waals surface area contributed by atoms with Crippen LogP contribution in [-0.2, 0) is 0 Å². The summed E-state index contributed by atoms with van der Waals surface area (Å²) in [6.45, 7) is 0. The molecule has 6 heteroatoms. The van der Waals surface area contributed by atoms with Gasteiger partial charge in [0.15, 0.2) is 0 Å². The standard InChI is InChI=1S/C23H24BrN3O2/c1-25(2)19-11-8-16(9-12-19)23(17-6-5-7-20(14-17)26(3)4)18-10-13-21(24)22(15-18)27(28)29/h5-15,23H,1-4H3/t23-/m0/s1. The summed E-state index contributed by atoms with van der Waals surface area (Å²) in [7, 11) is 8.02. The Kier molecular flexibility index (Phi) is 6.23. The van der Waals surface area contributed by atoms with E-state index in [4.69, 9.17) is 0 Å². The van der Waals surface area contributed by atoms with E-state index in [0.717, 1.165) is 28.1 Å². The molecule has 3 aromatic rings. The Morgan fingerprint density at radius 1 is 0.793 bits per heavy atom. The van der Waals surface area contributed by atoms with Gasteiger partial charge in [-0.25, -0.2) is 0 Å². The van der Waals surface area contributed by atoms with Crippen molar-refractivity contribution in [2.75, 3.05) is 38.0 Å². The van der Waals surface area contributed by atoms with Crippen molar-refractivity contribution in [2.45, 2.75) is 5.92 Å². The van der Waals surface area contributed by atoms with E-state index in [9.17, 15) is 10.1 Å². The van der Waals surface area contributed by atoms with Gasteiger partial charge < -0.3 is 9.80 Å². The van der Waals surface area contributed by atoms with Crippen LogP contribution in [0, 0.1) is 10.1 Å². The van der Waals surface area contributed by atoms with Gasteiger partial charge in [-0.15, -0.1) is 0 Å². The molecular weight excluding hydrogens is 430 g/mol. The summed E-state index contributed by atoms with van der Waals surface area (Å²) in [4.78, 5) is 15.3. The lowest BCUT2D eigenvalue weighted by Crippen LogP contribution is -2.11. The lowest BCUT2D eigenvalue weighted by Gasteiger charge is -2.22. The van der Waals surface area contributed by atoms with Crippen LogP contribution in [0.2, 0.25) is 0 Å². The van der Waals surface area contributed by atoms with E-state index < -0.39 is 0 Å². The fourth-order valence-electron chi connectivity index (χ4n) is 3.37. The first-order valence-corrected chi connectivity index (χ1v) is 10.1. The van der Waals surface area contributed by atoms with Crippen molar-refractivity contribution in [1.29, 1.82) is 0 Å². The summed E-state index contributed by atoms with van der Waals surface area (Å²) in [5.74, 6) is -0.113. The molecule has 0 saturated heterocycles. The first-order chi connectivity index (χ1) is 13.8. The molecule has 0 unspecified atom stereocenters. The van der Waals surface area contributed by atoms with E-state index in [2.05, 4.69) is 68.2 Å². The van der Waals surface area contributed by atoms with Gasteiger partial charge in [-0.2, -0.15) is 0 Å². The summed E-state index contributed by atoms with van der Waals surface area (Å²) >= 11 is 3.29. The van der Waals surface area contributed by atoms with E-state index in [1.54, 1.807) is 12.1 Å². The van der Waals surface area contributed by atoms with E-state index in [0.29, 0.717) is 4.47 Å². The minimum absolute atomic E-state index is 0.0705. The molecule has 0 aliphatic carbocycles. The molecule has 29 heavy (non-hydrogen) atoms. The number of halogens is 1. The Labute approximate surface area is 179 Å². The highest BCUT2D eigenvalue weighted by Crippen LogP contribution is 2.37. The van der Waals surface area contributed by atoms with Crippen LogP contribution >= 0.6 is 15.9 Å². The zero-order valence-electron chi connectivity index (χ0n) is 17.0. The third-order valence-electron chi connectivity index (χ3n) is 4.96. The number of rotatable bonds is 6. The highest BCUT2D eigenvalue weighted by atomic mass is 79.9. The largest absolute Gasteiger partial charge is 0.378 e. The molecule has 0 heterocycles. The maximum Gasteiger partial charge on any atom is 0.283 e. The number of nitrogens with zero attached hydrogens (tertiary/aromatic N) is 3. The average Bonchev–Trinajstić information content (AvgIpc) is 2.70. The molecule has 0 aliphatic heterocycles. The molecule has 0 aromatic heterocycles. The fraction of sp³-hybridized carbons (Fsp3) is 0.217. The van der Waals surface area contributed by atoms with E-state index in [-0.39, 0.29) is 16.5 Å². The zero-order chi connectivity index (χ0) is 21.1. The molecule has 0 radical (unpaired) electrons. The van der Waals surface area contributed by atoms with Gasteiger partial charge in [0.1, 0.15) is 0 Å². The number of hydrogen-bond donors (Lipinski definition) is 0. The number of benzene rings is 3. The third kappa shape index (κ3) is 4.59. The van der Waals surface area contributed by atoms with Crippen molar-refractivity contribution >= 4 is 33.0 Å². The van der Waals surface area contributed by atoms with E-state index >= 15 is 0 Å². The third-order valence-corrected chi connectivity index (χ3v) is 5.63. The molecule has 0 amide bonds. The zero-order valence-corrected chi connectivity index (χ0v) is 18.6. The maximum atomic E-state index is 11.5. The SMILES string of the molecule is CN(C)c1ccc([C@@H](c2cccc(N(C)C)c2)c2ccc(Br)c([N+](=O)[O-])c2)cc1. The van der Waals surface area contributed by atoms with Gasteiger partial charge >= 0.3 is 0 Å². The minimum atomic E-state index is -0.351. The van der Waals surface area contributed by atoms with Crippen molar-refractivity contribution < 1.29 is 4.92 Å². The molecule has 0 saturated carbocycles. The summed E-state index contributed by atoms with van der Waals surface area (Å²) in [6.07, 6.45) is 0. The Bertz CT molecular complexity index is 1020. The summed E-state index contributed by atoms with van der Waals surface area (Å²) in [5.41, 5.74) is 5.32. The molecule has 0 bridgehead atoms. The summed E-state index contributed by atoms with van der Waals surface area (Å²) in [5, 5.41) is 11.5. The molecule has 0 spiro atoms. The average molecular weight is 454 g/mol. The van der Waals surface area contributed by atoms with Gasteiger partial charge in [0.2, 0.25) is 0 Å². The molecule has 0 fully saturated rings. The monoisotopic (exact) mass is 453 g/mol. The summed E-state index contributed by atoms with van der Waals surface area (Å²) < 4.78 is 0.481. The van der Waals surface area contributed by atoms with Gasteiger partial charge in [-0.3, -0.25) is 10.1 Å². The molecule has 5 nitrogen and oxygen atoms in total. The second-order valence-corrected chi connectivity index (χ2v) is 8.23. The van der Waals surface area contributed by atoms with Crippen LogP contribution in [0.15, 0.2) is 71.2 Å². The second-order valence-electron chi connectivity index (χ2n) is 7.38. The number of anilines is 2. The van der Waals surface area contributed by atoms with Crippen LogP contribution in [0.5, 0.6) is 0 Å². The van der Waals surface area contributed by atoms with Crippen LogP contribution in [0.4, 0.5) is 17.1 Å². The first-order valence-electron chi connectivity index (χ1n) is 9.26. The summed E-state index contributed by atoms with van der Waals surface area (Å²) in [6, 6.07) is 22.0. The number of hydrogen-bond acceptors (Lipinski definition) is 4. The van der Waals surface area contributed by atoms with Gasteiger partial charge in [0.05, 0.1) is 9.40 Å². The van der Waals surface area contributed by atoms with Crippen molar-refractivity contribution in [3.05, 3.63) is 98.0 Å². The predicted molar refractivity (Wildman–Crippen MR) is 123 cm³/mol. The van der Waals surface area contributed by atoms with Gasteiger partial charge in [0.25, 0.3) is 5.69 Å². The minimum Gasteiger partial charge on any atom is -0.378 e. The van der Waals surface area contributed by atoms with Crippen molar-refractivity contribution in [1.82, 2.24) is 0 Å². The fourth-order valence-corrected chi connectivity index (χ4v) is 3.77. The topological polar surface area (TPSA) is 49.6 Å². The normalized spacial score (nSPS) is 11.8. The second kappa shape index (κ2) is 8.66. The molecule has 0 aliphatic rings. The maximum absolute atomic E-state index is 11.5. The Balaban J connectivity index is 2.18. The van der Waals surface area contributed by atoms with Crippen molar-refractivity contribution in [3.8, 4) is 0 Å². The van der Waals surface area contributed by atoms with Crippen LogP contribution < -0.4 is 9.80 Å². The van der Waals surface area contributed by atoms with Gasteiger partial charge in [-0.05, 0) is 63.0 Å². The highest BCUT2D eigenvalue weighted by Gasteiger charge is 2.22. The lowest BCUT2D eigenvalue weighted by atomic mass is 9.84. The lowest BCUT2D eigenvalue weighted by molar-refractivity contribution is -0.385. The predicted octanol–water partition coefficient (Wildman–Crippen LogP) is 5.67. The molecular formula is C23H24BrN3O2. The highest BCUT2D eigenvalue weighted by molar-refractivity contribution is 9.10. The van der Waals surface area contributed by atoms with Crippen molar-refractivity contribution in [2.24, 2.45) is 0 Å². The number of nitro benzene ring substituents is 1. The van der Waals surface area contributed by atoms with E-state index in [1.807, 2.05) is 40.3 Å². The van der Waals surface area contributed by atoms with Crippen LogP contribution in [-0.4, -0.2) is 33.1 Å². The van der Waals surface area contributed by atoms with Crippen LogP contribution in [0.1, 0.15) is 22.6 Å². The Hall–Kier alpha value is -2.86. The molecule has 3 rings (SSSR count). The first kappa shape index (κ1) is 20.9.